The highest BCUT2D eigenvalue weighted by atomic mass is 16.5. The summed E-state index contributed by atoms with van der Waals surface area (Å²) in [4.78, 5) is 43.6. The maximum Gasteiger partial charge on any atom is 0.333 e. The Morgan fingerprint density at radius 2 is 1.71 bits per heavy atom. The lowest BCUT2D eigenvalue weighted by atomic mass is 9.84. The molecular formula is C28H51N3O4. The number of amides is 2. The van der Waals surface area contributed by atoms with Crippen LogP contribution < -0.4 is 5.32 Å². The Morgan fingerprint density at radius 1 is 1.11 bits per heavy atom. The van der Waals surface area contributed by atoms with E-state index in [9.17, 15) is 14.4 Å². The number of hydrogen-bond acceptors (Lipinski definition) is 5. The largest absolute Gasteiger partial charge is 0.463 e. The molecule has 1 aliphatic rings. The second-order valence-corrected chi connectivity index (χ2v) is 11.3. The van der Waals surface area contributed by atoms with E-state index in [1.165, 1.54) is 0 Å². The summed E-state index contributed by atoms with van der Waals surface area (Å²) in [5.41, 5.74) is 0.00110. The SMILES string of the molecule is CCOC(=O)C(C)=C[C@H](C(C)C)N(C)C(=O)[C@@H](NC(=O)[C@H]1CCCCN1C(CC)CC)C(C)(C)C. The minimum absolute atomic E-state index is 0.0578. The molecule has 7 nitrogen and oxygen atoms in total. The van der Waals surface area contributed by atoms with Crippen molar-refractivity contribution in [2.45, 2.75) is 119 Å². The zero-order chi connectivity index (χ0) is 26.9. The van der Waals surface area contributed by atoms with Gasteiger partial charge in [-0.25, -0.2) is 4.79 Å². The zero-order valence-electron chi connectivity index (χ0n) is 23.9. The van der Waals surface area contributed by atoms with Crippen LogP contribution in [0.25, 0.3) is 0 Å². The van der Waals surface area contributed by atoms with Gasteiger partial charge >= 0.3 is 5.97 Å². The van der Waals surface area contributed by atoms with Gasteiger partial charge in [-0.15, -0.1) is 0 Å². The van der Waals surface area contributed by atoms with Crippen LogP contribution in [0.15, 0.2) is 11.6 Å². The lowest BCUT2D eigenvalue weighted by Crippen LogP contribution is -2.61. The summed E-state index contributed by atoms with van der Waals surface area (Å²) in [6.45, 7) is 19.0. The summed E-state index contributed by atoms with van der Waals surface area (Å²) in [7, 11) is 1.75. The van der Waals surface area contributed by atoms with Crippen LogP contribution in [0.4, 0.5) is 0 Å². The molecule has 0 saturated carbocycles. The van der Waals surface area contributed by atoms with E-state index in [2.05, 4.69) is 24.1 Å². The number of nitrogens with zero attached hydrogens (tertiary/aromatic N) is 2. The molecule has 1 N–H and O–H groups in total. The van der Waals surface area contributed by atoms with Crippen molar-refractivity contribution in [1.82, 2.24) is 15.1 Å². The van der Waals surface area contributed by atoms with Crippen LogP contribution in [0.5, 0.6) is 0 Å². The monoisotopic (exact) mass is 493 g/mol. The van der Waals surface area contributed by atoms with Gasteiger partial charge in [0.05, 0.1) is 18.7 Å². The fourth-order valence-electron chi connectivity index (χ4n) is 4.99. The Hall–Kier alpha value is -1.89. The van der Waals surface area contributed by atoms with Crippen molar-refractivity contribution in [2.24, 2.45) is 11.3 Å². The summed E-state index contributed by atoms with van der Waals surface area (Å²) in [5.74, 6) is -0.508. The number of likely N-dealkylation sites (N-methyl/N-ethyl adjacent to an activating group) is 1. The average molecular weight is 494 g/mol. The number of carbonyl (C=O) groups excluding carboxylic acids is 3. The molecule has 1 fully saturated rings. The molecule has 0 aromatic heterocycles. The molecule has 202 valence electrons. The number of ether oxygens (including phenoxy) is 1. The van der Waals surface area contributed by atoms with E-state index in [-0.39, 0.29) is 35.8 Å². The second-order valence-electron chi connectivity index (χ2n) is 11.3. The van der Waals surface area contributed by atoms with Crippen molar-refractivity contribution >= 4 is 17.8 Å². The summed E-state index contributed by atoms with van der Waals surface area (Å²) >= 11 is 0. The first-order valence-corrected chi connectivity index (χ1v) is 13.5. The van der Waals surface area contributed by atoms with Crippen LogP contribution in [0.3, 0.4) is 0 Å². The molecule has 0 aliphatic carbocycles. The van der Waals surface area contributed by atoms with Gasteiger partial charge in [-0.2, -0.15) is 0 Å². The molecule has 1 rings (SSSR count). The topological polar surface area (TPSA) is 79.0 Å². The van der Waals surface area contributed by atoms with E-state index >= 15 is 0 Å². The van der Waals surface area contributed by atoms with E-state index < -0.39 is 11.5 Å². The van der Waals surface area contributed by atoms with Gasteiger partial charge in [-0.3, -0.25) is 14.5 Å². The van der Waals surface area contributed by atoms with Crippen LogP contribution >= 0.6 is 0 Å². The van der Waals surface area contributed by atoms with Crippen molar-refractivity contribution < 1.29 is 19.1 Å². The highest BCUT2D eigenvalue weighted by molar-refractivity contribution is 5.91. The number of piperidine rings is 1. The first-order valence-electron chi connectivity index (χ1n) is 13.5. The fraction of sp³-hybridized carbons (Fsp3) is 0.821. The Labute approximate surface area is 214 Å². The molecule has 0 bridgehead atoms. The Bertz CT molecular complexity index is 737. The third-order valence-electron chi connectivity index (χ3n) is 7.15. The molecule has 1 heterocycles. The molecule has 0 aromatic carbocycles. The third kappa shape index (κ3) is 8.62. The summed E-state index contributed by atoms with van der Waals surface area (Å²) in [6.07, 6.45) is 6.76. The highest BCUT2D eigenvalue weighted by Gasteiger charge is 2.40. The lowest BCUT2D eigenvalue weighted by molar-refractivity contribution is -0.142. The van der Waals surface area contributed by atoms with Gasteiger partial charge in [0, 0.05) is 18.7 Å². The Morgan fingerprint density at radius 3 is 2.20 bits per heavy atom. The molecule has 3 atom stereocenters. The number of nitrogens with one attached hydrogen (secondary N) is 1. The van der Waals surface area contributed by atoms with E-state index in [0.29, 0.717) is 18.2 Å². The van der Waals surface area contributed by atoms with Gasteiger partial charge in [-0.1, -0.05) is 61.0 Å². The standard InChI is InChI=1S/C28H51N3O4/c1-11-21(12-2)31-17-15-14-16-22(31)25(32)29-24(28(7,8)9)26(33)30(10)23(19(4)5)18-20(6)27(34)35-13-3/h18-19,21-24H,11-17H2,1-10H3,(H,29,32)/t22-,23-,24-/m1/s1. The van der Waals surface area contributed by atoms with E-state index in [0.717, 1.165) is 38.6 Å². The van der Waals surface area contributed by atoms with Crippen LogP contribution in [0, 0.1) is 11.3 Å². The summed E-state index contributed by atoms with van der Waals surface area (Å²) in [6, 6.07) is -0.810. The van der Waals surface area contributed by atoms with Crippen molar-refractivity contribution in [3.8, 4) is 0 Å². The van der Waals surface area contributed by atoms with E-state index in [4.69, 9.17) is 4.74 Å². The van der Waals surface area contributed by atoms with Gasteiger partial charge in [0.25, 0.3) is 0 Å². The van der Waals surface area contributed by atoms with Gasteiger partial charge in [-0.05, 0) is 57.4 Å². The van der Waals surface area contributed by atoms with Gasteiger partial charge in [0.15, 0.2) is 0 Å². The molecule has 7 heteroatoms. The predicted molar refractivity (Wildman–Crippen MR) is 142 cm³/mol. The van der Waals surface area contributed by atoms with Crippen molar-refractivity contribution in [2.75, 3.05) is 20.2 Å². The van der Waals surface area contributed by atoms with Crippen molar-refractivity contribution in [3.63, 3.8) is 0 Å². The second kappa shape index (κ2) is 14.0. The average Bonchev–Trinajstić information content (AvgIpc) is 2.80. The van der Waals surface area contributed by atoms with E-state index in [1.54, 1.807) is 31.9 Å². The maximum absolute atomic E-state index is 13.8. The number of likely N-dealkylation sites (tertiary alicyclic amines) is 1. The van der Waals surface area contributed by atoms with Gasteiger partial charge in [0.1, 0.15) is 6.04 Å². The molecule has 0 radical (unpaired) electrons. The molecule has 1 saturated heterocycles. The lowest BCUT2D eigenvalue weighted by Gasteiger charge is -2.42. The fourth-order valence-corrected chi connectivity index (χ4v) is 4.99. The van der Waals surface area contributed by atoms with Crippen molar-refractivity contribution in [1.29, 1.82) is 0 Å². The molecular weight excluding hydrogens is 442 g/mol. The third-order valence-corrected chi connectivity index (χ3v) is 7.15. The summed E-state index contributed by atoms with van der Waals surface area (Å²) < 4.78 is 5.12. The first-order chi connectivity index (χ1) is 16.3. The minimum Gasteiger partial charge on any atom is -0.463 e. The molecule has 0 unspecified atom stereocenters. The molecule has 0 aromatic rings. The Balaban J connectivity index is 3.19. The van der Waals surface area contributed by atoms with Crippen LogP contribution in [0.2, 0.25) is 0 Å². The van der Waals surface area contributed by atoms with E-state index in [1.807, 2.05) is 34.6 Å². The first kappa shape index (κ1) is 31.1. The summed E-state index contributed by atoms with van der Waals surface area (Å²) in [5, 5.41) is 3.15. The molecule has 35 heavy (non-hydrogen) atoms. The minimum atomic E-state index is -0.678. The number of carbonyl (C=O) groups is 3. The predicted octanol–water partition coefficient (Wildman–Crippen LogP) is 4.55. The smallest absolute Gasteiger partial charge is 0.333 e. The molecule has 0 spiro atoms. The quantitative estimate of drug-likeness (QED) is 0.337. The highest BCUT2D eigenvalue weighted by Crippen LogP contribution is 2.27. The molecule has 2 amide bonds. The number of hydrogen-bond donors (Lipinski definition) is 1. The van der Waals surface area contributed by atoms with Gasteiger partial charge < -0.3 is 15.0 Å². The maximum atomic E-state index is 13.8. The van der Waals surface area contributed by atoms with Crippen LogP contribution in [-0.2, 0) is 19.1 Å². The number of rotatable bonds is 11. The zero-order valence-corrected chi connectivity index (χ0v) is 23.9. The molecule has 1 aliphatic heterocycles. The Kier molecular flexibility index (Phi) is 12.5. The normalized spacial score (nSPS) is 19.4. The van der Waals surface area contributed by atoms with Gasteiger partial charge in [0.2, 0.25) is 11.8 Å². The number of esters is 1. The van der Waals surface area contributed by atoms with Crippen LogP contribution in [-0.4, -0.2) is 72.0 Å². The van der Waals surface area contributed by atoms with Crippen molar-refractivity contribution in [3.05, 3.63) is 11.6 Å². The van der Waals surface area contributed by atoms with Crippen LogP contribution in [0.1, 0.15) is 94.4 Å².